The first-order valence-corrected chi connectivity index (χ1v) is 12.5. The molecular weight excluding hydrogens is 569 g/mol. The van der Waals surface area contributed by atoms with Gasteiger partial charge < -0.3 is 9.73 Å². The van der Waals surface area contributed by atoms with E-state index in [2.05, 4.69) is 31.4 Å². The normalized spacial score (nSPS) is 11.5. The van der Waals surface area contributed by atoms with Crippen molar-refractivity contribution in [3.63, 3.8) is 0 Å². The van der Waals surface area contributed by atoms with Crippen LogP contribution in [0.1, 0.15) is 43.9 Å². The van der Waals surface area contributed by atoms with Gasteiger partial charge in [-0.3, -0.25) is 9.59 Å². The fraction of sp³-hybridized carbons (Fsp3) is 0.240. The number of hydrogen-bond donors (Lipinski definition) is 1. The van der Waals surface area contributed by atoms with Gasteiger partial charge in [0.15, 0.2) is 5.69 Å². The number of aromatic nitrogens is 4. The molecule has 0 spiro atoms. The molecule has 2 aromatic carbocycles. The number of rotatable bonds is 6. The summed E-state index contributed by atoms with van der Waals surface area (Å²) in [6.07, 6.45) is 0. The highest BCUT2D eigenvalue weighted by atomic mass is 79.9. The first kappa shape index (κ1) is 26.1. The minimum atomic E-state index is -0.523. The van der Waals surface area contributed by atoms with Crippen molar-refractivity contribution < 1.29 is 14.0 Å². The molecule has 0 saturated carbocycles. The van der Waals surface area contributed by atoms with Gasteiger partial charge in [0, 0.05) is 20.5 Å². The summed E-state index contributed by atoms with van der Waals surface area (Å²) in [6.45, 7) is 7.04. The lowest BCUT2D eigenvalue weighted by molar-refractivity contribution is -0.116. The molecule has 0 fully saturated rings. The van der Waals surface area contributed by atoms with Crippen LogP contribution in [0, 0.1) is 0 Å². The second-order valence-corrected chi connectivity index (χ2v) is 10.9. The highest BCUT2D eigenvalue weighted by molar-refractivity contribution is 9.10. The highest BCUT2D eigenvalue weighted by Gasteiger charge is 2.31. The van der Waals surface area contributed by atoms with Crippen LogP contribution in [0.5, 0.6) is 0 Å². The van der Waals surface area contributed by atoms with Crippen LogP contribution in [0.25, 0.3) is 28.5 Å². The number of nitrogens with zero attached hydrogens (tertiary/aromatic N) is 4. The molecule has 186 valence electrons. The van der Waals surface area contributed by atoms with Crippen LogP contribution in [-0.2, 0) is 10.2 Å². The van der Waals surface area contributed by atoms with Crippen molar-refractivity contribution in [2.45, 2.75) is 33.1 Å². The molecule has 2 heterocycles. The average molecular weight is 591 g/mol. The number of amides is 1. The quantitative estimate of drug-likeness (QED) is 0.284. The van der Waals surface area contributed by atoms with E-state index in [0.717, 1.165) is 4.47 Å². The van der Waals surface area contributed by atoms with E-state index in [-0.39, 0.29) is 29.5 Å². The van der Waals surface area contributed by atoms with Gasteiger partial charge in [-0.25, -0.2) is 4.68 Å². The lowest BCUT2D eigenvalue weighted by Gasteiger charge is -2.12. The molecule has 4 aromatic rings. The zero-order valence-electron chi connectivity index (χ0n) is 19.9. The van der Waals surface area contributed by atoms with Gasteiger partial charge in [0.1, 0.15) is 5.78 Å². The Labute approximate surface area is 226 Å². The number of halogens is 3. The molecule has 4 rings (SSSR count). The van der Waals surface area contributed by atoms with E-state index in [1.165, 1.54) is 6.92 Å². The van der Waals surface area contributed by atoms with E-state index < -0.39 is 11.3 Å². The number of ketones is 1. The zero-order chi connectivity index (χ0) is 26.2. The summed E-state index contributed by atoms with van der Waals surface area (Å²) in [5.41, 5.74) is 1.49. The average Bonchev–Trinajstić information content (AvgIpc) is 3.43. The number of carbonyl (C=O) groups is 2. The molecule has 1 N–H and O–H groups in total. The summed E-state index contributed by atoms with van der Waals surface area (Å²) < 4.78 is 8.35. The Balaban J connectivity index is 2.04. The van der Waals surface area contributed by atoms with E-state index in [4.69, 9.17) is 32.7 Å². The standard InChI is InChI=1S/C25H22BrCl2N5O3/c1-13(34)12-29-22(35)19-20(23-30-31-24(36-23)25(2,3)4)32-33(18-10-9-16(27)11-17(18)28)21(19)14-5-7-15(26)8-6-14/h5-11H,12H2,1-4H3,(H,29,35). The van der Waals surface area contributed by atoms with Crippen molar-refractivity contribution >= 4 is 50.8 Å². The highest BCUT2D eigenvalue weighted by Crippen LogP contribution is 2.37. The smallest absolute Gasteiger partial charge is 0.269 e. The molecular formula is C25H22BrCl2N5O3. The Bertz CT molecular complexity index is 1460. The van der Waals surface area contributed by atoms with Crippen molar-refractivity contribution in [2.24, 2.45) is 0 Å². The Morgan fingerprint density at radius 3 is 2.36 bits per heavy atom. The maximum absolute atomic E-state index is 13.5. The van der Waals surface area contributed by atoms with Gasteiger partial charge in [-0.2, -0.15) is 5.10 Å². The molecule has 1 amide bonds. The van der Waals surface area contributed by atoms with Gasteiger partial charge in [0.05, 0.1) is 28.5 Å². The van der Waals surface area contributed by atoms with Gasteiger partial charge in [0.2, 0.25) is 5.89 Å². The van der Waals surface area contributed by atoms with Crippen LogP contribution in [0.15, 0.2) is 51.4 Å². The molecule has 0 saturated heterocycles. The van der Waals surface area contributed by atoms with Gasteiger partial charge in [0.25, 0.3) is 11.8 Å². The SMILES string of the molecule is CC(=O)CNC(=O)c1c(-c2nnc(C(C)(C)C)o2)nn(-c2ccc(Cl)cc2Cl)c1-c1ccc(Br)cc1. The summed E-state index contributed by atoms with van der Waals surface area (Å²) in [5, 5.41) is 16.5. The summed E-state index contributed by atoms with van der Waals surface area (Å²) >= 11 is 16.1. The monoisotopic (exact) mass is 589 g/mol. The van der Waals surface area contributed by atoms with Crippen LogP contribution in [0.4, 0.5) is 0 Å². The van der Waals surface area contributed by atoms with E-state index >= 15 is 0 Å². The Morgan fingerprint density at radius 1 is 1.08 bits per heavy atom. The summed E-state index contributed by atoms with van der Waals surface area (Å²) in [5.74, 6) is -0.270. The third kappa shape index (κ3) is 5.38. The number of nitrogens with one attached hydrogen (secondary N) is 1. The third-order valence-electron chi connectivity index (χ3n) is 5.14. The first-order valence-electron chi connectivity index (χ1n) is 10.9. The van der Waals surface area contributed by atoms with Crippen molar-refractivity contribution in [1.82, 2.24) is 25.3 Å². The molecule has 2 aromatic heterocycles. The van der Waals surface area contributed by atoms with E-state index in [1.54, 1.807) is 22.9 Å². The lowest BCUT2D eigenvalue weighted by Crippen LogP contribution is -2.29. The second-order valence-electron chi connectivity index (χ2n) is 9.13. The van der Waals surface area contributed by atoms with Crippen molar-refractivity contribution in [3.05, 3.63) is 68.4 Å². The predicted octanol–water partition coefficient (Wildman–Crippen LogP) is 6.27. The first-order chi connectivity index (χ1) is 17.0. The van der Waals surface area contributed by atoms with E-state index in [0.29, 0.717) is 32.9 Å². The molecule has 0 radical (unpaired) electrons. The number of benzene rings is 2. The molecule has 0 bridgehead atoms. The van der Waals surface area contributed by atoms with Crippen molar-refractivity contribution in [1.29, 1.82) is 0 Å². The molecule has 0 atom stereocenters. The lowest BCUT2D eigenvalue weighted by atomic mass is 9.97. The third-order valence-corrected chi connectivity index (χ3v) is 6.20. The van der Waals surface area contributed by atoms with Gasteiger partial charge >= 0.3 is 0 Å². The maximum Gasteiger partial charge on any atom is 0.269 e. The molecule has 36 heavy (non-hydrogen) atoms. The molecule has 0 aliphatic rings. The molecule has 11 heteroatoms. The van der Waals surface area contributed by atoms with Crippen LogP contribution in [0.3, 0.4) is 0 Å². The second kappa shape index (κ2) is 10.2. The minimum Gasteiger partial charge on any atom is -0.419 e. The number of carbonyl (C=O) groups excluding carboxylic acids is 2. The Hall–Kier alpha value is -3.01. The molecule has 0 aliphatic heterocycles. The molecule has 0 aliphatic carbocycles. The largest absolute Gasteiger partial charge is 0.419 e. The van der Waals surface area contributed by atoms with Crippen LogP contribution in [-0.4, -0.2) is 38.2 Å². The van der Waals surface area contributed by atoms with Gasteiger partial charge in [-0.05, 0) is 37.3 Å². The number of hydrogen-bond acceptors (Lipinski definition) is 6. The fourth-order valence-corrected chi connectivity index (χ4v) is 4.15. The fourth-order valence-electron chi connectivity index (χ4n) is 3.40. The van der Waals surface area contributed by atoms with Crippen molar-refractivity contribution in [2.75, 3.05) is 6.54 Å². The van der Waals surface area contributed by atoms with Crippen LogP contribution < -0.4 is 5.32 Å². The summed E-state index contributed by atoms with van der Waals surface area (Å²) in [4.78, 5) is 25.2. The van der Waals surface area contributed by atoms with E-state index in [1.807, 2.05) is 45.0 Å². The van der Waals surface area contributed by atoms with Crippen LogP contribution >= 0.6 is 39.1 Å². The molecule has 8 nitrogen and oxygen atoms in total. The topological polar surface area (TPSA) is 103 Å². The minimum absolute atomic E-state index is 0.0649. The zero-order valence-corrected chi connectivity index (χ0v) is 23.0. The molecule has 0 unspecified atom stereocenters. The van der Waals surface area contributed by atoms with Crippen molar-refractivity contribution in [3.8, 4) is 28.5 Å². The predicted molar refractivity (Wildman–Crippen MR) is 142 cm³/mol. The summed E-state index contributed by atoms with van der Waals surface area (Å²) in [7, 11) is 0. The Kier molecular flexibility index (Phi) is 7.36. The van der Waals surface area contributed by atoms with E-state index in [9.17, 15) is 9.59 Å². The number of Topliss-reactive ketones (excluding diaryl/α,β-unsaturated/α-hetero) is 1. The maximum atomic E-state index is 13.5. The van der Waals surface area contributed by atoms with Crippen LogP contribution in [0.2, 0.25) is 10.0 Å². The Morgan fingerprint density at radius 2 is 1.78 bits per heavy atom. The van der Waals surface area contributed by atoms with Gasteiger partial charge in [-0.1, -0.05) is 72.0 Å². The van der Waals surface area contributed by atoms with Gasteiger partial charge in [-0.15, -0.1) is 10.2 Å². The summed E-state index contributed by atoms with van der Waals surface area (Å²) in [6, 6.07) is 12.3.